The summed E-state index contributed by atoms with van der Waals surface area (Å²) in [5.41, 5.74) is 3.25. The van der Waals surface area contributed by atoms with Crippen molar-refractivity contribution in [1.29, 1.82) is 0 Å². The Hall–Kier alpha value is -1.52. The fourth-order valence-electron chi connectivity index (χ4n) is 2.61. The van der Waals surface area contributed by atoms with E-state index in [1.54, 1.807) is 7.11 Å². The number of rotatable bonds is 4. The SMILES string of the molecule is COc1ccc(Br)c(COc2ccc3c(c2)CC[C@@H]3O)c1. The number of methoxy groups -OCH3 is 1. The molecule has 3 rings (SSSR count). The number of hydrogen-bond donors (Lipinski definition) is 1. The Kier molecular flexibility index (Phi) is 4.17. The fraction of sp³-hybridized carbons (Fsp3) is 0.294. The molecule has 0 bridgehead atoms. The van der Waals surface area contributed by atoms with Crippen LogP contribution in [0.4, 0.5) is 0 Å². The lowest BCUT2D eigenvalue weighted by atomic mass is 10.1. The Morgan fingerprint density at radius 2 is 2.00 bits per heavy atom. The van der Waals surface area contributed by atoms with E-state index in [-0.39, 0.29) is 6.10 Å². The highest BCUT2D eigenvalue weighted by atomic mass is 79.9. The van der Waals surface area contributed by atoms with Crippen LogP contribution in [-0.4, -0.2) is 12.2 Å². The van der Waals surface area contributed by atoms with Gasteiger partial charge in [-0.3, -0.25) is 0 Å². The van der Waals surface area contributed by atoms with Gasteiger partial charge in [-0.1, -0.05) is 22.0 Å². The summed E-state index contributed by atoms with van der Waals surface area (Å²) in [6.07, 6.45) is 1.40. The maximum atomic E-state index is 9.81. The van der Waals surface area contributed by atoms with Crippen LogP contribution in [0.5, 0.6) is 11.5 Å². The van der Waals surface area contributed by atoms with E-state index in [0.717, 1.165) is 39.9 Å². The van der Waals surface area contributed by atoms with Gasteiger partial charge >= 0.3 is 0 Å². The molecule has 1 N–H and O–H groups in total. The van der Waals surface area contributed by atoms with Gasteiger partial charge in [-0.25, -0.2) is 0 Å². The van der Waals surface area contributed by atoms with Gasteiger partial charge in [0, 0.05) is 10.0 Å². The Morgan fingerprint density at radius 3 is 2.81 bits per heavy atom. The van der Waals surface area contributed by atoms with Crippen molar-refractivity contribution in [3.05, 3.63) is 57.6 Å². The molecule has 0 aliphatic heterocycles. The summed E-state index contributed by atoms with van der Waals surface area (Å²) in [5.74, 6) is 1.64. The van der Waals surface area contributed by atoms with Crippen molar-refractivity contribution in [2.45, 2.75) is 25.6 Å². The minimum Gasteiger partial charge on any atom is -0.497 e. The third-order valence-corrected chi connectivity index (χ3v) is 4.58. The van der Waals surface area contributed by atoms with E-state index in [2.05, 4.69) is 15.9 Å². The molecule has 4 heteroatoms. The van der Waals surface area contributed by atoms with E-state index in [9.17, 15) is 5.11 Å². The maximum Gasteiger partial charge on any atom is 0.120 e. The predicted octanol–water partition coefficient (Wildman–Crippen LogP) is 4.02. The van der Waals surface area contributed by atoms with E-state index >= 15 is 0 Å². The van der Waals surface area contributed by atoms with Crippen molar-refractivity contribution in [1.82, 2.24) is 0 Å². The molecule has 0 saturated carbocycles. The predicted molar refractivity (Wildman–Crippen MR) is 84.7 cm³/mol. The zero-order valence-corrected chi connectivity index (χ0v) is 13.4. The van der Waals surface area contributed by atoms with Crippen LogP contribution in [0.3, 0.4) is 0 Å². The molecule has 0 amide bonds. The molecule has 0 radical (unpaired) electrons. The lowest BCUT2D eigenvalue weighted by molar-refractivity contribution is 0.180. The largest absolute Gasteiger partial charge is 0.497 e. The molecule has 0 aromatic heterocycles. The van der Waals surface area contributed by atoms with E-state index in [4.69, 9.17) is 9.47 Å². The van der Waals surface area contributed by atoms with Crippen molar-refractivity contribution < 1.29 is 14.6 Å². The first-order chi connectivity index (χ1) is 10.2. The molecular formula is C17H17BrO3. The highest BCUT2D eigenvalue weighted by Crippen LogP contribution is 2.33. The van der Waals surface area contributed by atoms with Gasteiger partial charge in [0.25, 0.3) is 0 Å². The summed E-state index contributed by atoms with van der Waals surface area (Å²) >= 11 is 3.52. The van der Waals surface area contributed by atoms with E-state index < -0.39 is 0 Å². The number of aliphatic hydroxyl groups is 1. The van der Waals surface area contributed by atoms with Crippen molar-refractivity contribution in [3.63, 3.8) is 0 Å². The van der Waals surface area contributed by atoms with Gasteiger partial charge in [0.1, 0.15) is 18.1 Å². The molecule has 0 unspecified atom stereocenters. The highest BCUT2D eigenvalue weighted by molar-refractivity contribution is 9.10. The van der Waals surface area contributed by atoms with Gasteiger partial charge in [-0.05, 0) is 54.3 Å². The number of hydrogen-bond acceptors (Lipinski definition) is 3. The van der Waals surface area contributed by atoms with Crippen molar-refractivity contribution in [2.75, 3.05) is 7.11 Å². The Labute approximate surface area is 132 Å². The second kappa shape index (κ2) is 6.08. The quantitative estimate of drug-likeness (QED) is 0.906. The van der Waals surface area contributed by atoms with Crippen LogP contribution in [-0.2, 0) is 13.0 Å². The average Bonchev–Trinajstić information content (AvgIpc) is 2.87. The summed E-state index contributed by atoms with van der Waals surface area (Å²) in [6.45, 7) is 0.471. The molecule has 3 nitrogen and oxygen atoms in total. The Morgan fingerprint density at radius 1 is 1.19 bits per heavy atom. The summed E-state index contributed by atoms with van der Waals surface area (Å²) in [7, 11) is 1.65. The average molecular weight is 349 g/mol. The maximum absolute atomic E-state index is 9.81. The molecule has 21 heavy (non-hydrogen) atoms. The standard InChI is InChI=1S/C17H17BrO3/c1-20-13-4-6-16(18)12(9-13)10-21-14-3-5-15-11(8-14)2-7-17(15)19/h3-6,8-9,17,19H,2,7,10H2,1H3/t17-/m0/s1. The monoisotopic (exact) mass is 348 g/mol. The fourth-order valence-corrected chi connectivity index (χ4v) is 2.97. The highest BCUT2D eigenvalue weighted by Gasteiger charge is 2.20. The lowest BCUT2D eigenvalue weighted by Gasteiger charge is -2.11. The Bertz CT molecular complexity index is 654. The topological polar surface area (TPSA) is 38.7 Å². The second-order valence-electron chi connectivity index (χ2n) is 5.16. The molecule has 0 saturated heterocycles. The van der Waals surface area contributed by atoms with Crippen LogP contribution in [0.1, 0.15) is 29.2 Å². The summed E-state index contributed by atoms with van der Waals surface area (Å²) in [6, 6.07) is 11.7. The minimum atomic E-state index is -0.318. The molecule has 0 spiro atoms. The zero-order valence-electron chi connectivity index (χ0n) is 11.8. The van der Waals surface area contributed by atoms with Gasteiger partial charge in [-0.2, -0.15) is 0 Å². The van der Waals surface area contributed by atoms with E-state index in [1.807, 2.05) is 36.4 Å². The zero-order chi connectivity index (χ0) is 14.8. The first kappa shape index (κ1) is 14.4. The number of ether oxygens (including phenoxy) is 2. The molecule has 1 aliphatic carbocycles. The molecule has 0 fully saturated rings. The number of halogens is 1. The van der Waals surface area contributed by atoms with Gasteiger partial charge in [0.05, 0.1) is 13.2 Å². The van der Waals surface area contributed by atoms with E-state index in [0.29, 0.717) is 6.61 Å². The number of aliphatic hydroxyl groups excluding tert-OH is 1. The number of fused-ring (bicyclic) bond motifs is 1. The van der Waals surface area contributed by atoms with Crippen molar-refractivity contribution in [3.8, 4) is 11.5 Å². The van der Waals surface area contributed by atoms with Gasteiger partial charge in [-0.15, -0.1) is 0 Å². The molecule has 2 aromatic rings. The van der Waals surface area contributed by atoms with Gasteiger partial charge < -0.3 is 14.6 Å². The third kappa shape index (κ3) is 3.06. The van der Waals surface area contributed by atoms with Crippen LogP contribution < -0.4 is 9.47 Å². The van der Waals surface area contributed by atoms with E-state index in [1.165, 1.54) is 5.56 Å². The van der Waals surface area contributed by atoms with Crippen LogP contribution in [0.25, 0.3) is 0 Å². The normalized spacial score (nSPS) is 16.6. The van der Waals surface area contributed by atoms with Crippen molar-refractivity contribution in [2.24, 2.45) is 0 Å². The smallest absolute Gasteiger partial charge is 0.120 e. The molecule has 2 aromatic carbocycles. The first-order valence-electron chi connectivity index (χ1n) is 6.93. The van der Waals surface area contributed by atoms with Crippen LogP contribution in [0.2, 0.25) is 0 Å². The van der Waals surface area contributed by atoms with Crippen LogP contribution in [0, 0.1) is 0 Å². The van der Waals surface area contributed by atoms with Gasteiger partial charge in [0.2, 0.25) is 0 Å². The Balaban J connectivity index is 1.73. The molecule has 1 aliphatic rings. The van der Waals surface area contributed by atoms with Gasteiger partial charge in [0.15, 0.2) is 0 Å². The molecule has 110 valence electrons. The summed E-state index contributed by atoms with van der Waals surface area (Å²) in [5, 5.41) is 9.81. The lowest BCUT2D eigenvalue weighted by Crippen LogP contribution is -1.98. The summed E-state index contributed by atoms with van der Waals surface area (Å²) in [4.78, 5) is 0. The third-order valence-electron chi connectivity index (χ3n) is 3.81. The number of aryl methyl sites for hydroxylation is 1. The van der Waals surface area contributed by atoms with Crippen LogP contribution in [0.15, 0.2) is 40.9 Å². The molecule has 0 heterocycles. The van der Waals surface area contributed by atoms with Crippen LogP contribution >= 0.6 is 15.9 Å². The molecular weight excluding hydrogens is 332 g/mol. The molecule has 1 atom stereocenters. The second-order valence-corrected chi connectivity index (χ2v) is 6.02. The summed E-state index contributed by atoms with van der Waals surface area (Å²) < 4.78 is 12.1. The van der Waals surface area contributed by atoms with Crippen molar-refractivity contribution >= 4 is 15.9 Å². The first-order valence-corrected chi connectivity index (χ1v) is 7.73. The number of benzene rings is 2. The minimum absolute atomic E-state index is 0.318.